The van der Waals surface area contributed by atoms with Crippen LogP contribution in [0.15, 0.2) is 77.5 Å². The number of amides is 1. The third kappa shape index (κ3) is 4.09. The van der Waals surface area contributed by atoms with Gasteiger partial charge in [-0.1, -0.05) is 60.7 Å². The summed E-state index contributed by atoms with van der Waals surface area (Å²) in [7, 11) is 0. The predicted octanol–water partition coefficient (Wildman–Crippen LogP) is 4.46. The predicted molar refractivity (Wildman–Crippen MR) is 111 cm³/mol. The normalized spacial score (nSPS) is 19.8. The molecule has 0 aromatic heterocycles. The topological polar surface area (TPSA) is 69.6 Å². The van der Waals surface area contributed by atoms with Crippen molar-refractivity contribution in [3.63, 3.8) is 0 Å². The van der Waals surface area contributed by atoms with Crippen LogP contribution in [0.1, 0.15) is 49.3 Å². The largest absolute Gasteiger partial charge is 0.481 e. The molecular weight excluding hydrogens is 364 g/mol. The van der Waals surface area contributed by atoms with Gasteiger partial charge in [0.1, 0.15) is 6.04 Å². The summed E-state index contributed by atoms with van der Waals surface area (Å²) in [5.74, 6) is -1.16. The van der Waals surface area contributed by atoms with Gasteiger partial charge in [0.15, 0.2) is 0 Å². The highest BCUT2D eigenvalue weighted by Crippen LogP contribution is 2.44. The smallest absolute Gasteiger partial charge is 0.303 e. The third-order valence-electron chi connectivity index (χ3n) is 5.43. The van der Waals surface area contributed by atoms with Crippen molar-refractivity contribution in [2.75, 3.05) is 0 Å². The monoisotopic (exact) mass is 388 g/mol. The number of carboxylic acids is 1. The van der Waals surface area contributed by atoms with Crippen LogP contribution < -0.4 is 5.43 Å². The molecule has 148 valence electrons. The van der Waals surface area contributed by atoms with Gasteiger partial charge >= 0.3 is 5.97 Å². The van der Waals surface area contributed by atoms with E-state index in [1.807, 2.05) is 48.5 Å². The van der Waals surface area contributed by atoms with Crippen LogP contribution in [0.4, 0.5) is 0 Å². The molecule has 0 radical (unpaired) electrons. The van der Waals surface area contributed by atoms with E-state index in [1.165, 1.54) is 11.1 Å². The van der Waals surface area contributed by atoms with E-state index in [0.717, 1.165) is 36.1 Å². The van der Waals surface area contributed by atoms with Crippen LogP contribution in [0.3, 0.4) is 0 Å². The first kappa shape index (κ1) is 19.0. The molecule has 0 unspecified atom stereocenters. The molecule has 1 heterocycles. The van der Waals surface area contributed by atoms with E-state index in [2.05, 4.69) is 23.6 Å². The standard InChI is InChI=1S/C24H24N2O3/c27-21(14-15-22(28)29)26-24(18-10-5-2-6-11-18)20-13-7-12-19(23(20)25-26)16-17-8-3-1-4-9-17/h1-6,8-11,16,24-25H,7,12-15H2,(H,28,29)/b19-16+/t24-/m0/s1. The highest BCUT2D eigenvalue weighted by molar-refractivity contribution is 5.82. The Balaban J connectivity index is 1.71. The van der Waals surface area contributed by atoms with E-state index in [0.29, 0.717) is 0 Å². The number of carbonyl (C=O) groups excluding carboxylic acids is 1. The summed E-state index contributed by atoms with van der Waals surface area (Å²) >= 11 is 0. The summed E-state index contributed by atoms with van der Waals surface area (Å²) < 4.78 is 0. The molecule has 1 atom stereocenters. The molecule has 1 aliphatic heterocycles. The molecule has 2 N–H and O–H groups in total. The second kappa shape index (κ2) is 8.35. The average molecular weight is 388 g/mol. The van der Waals surface area contributed by atoms with Crippen molar-refractivity contribution < 1.29 is 14.7 Å². The van der Waals surface area contributed by atoms with Crippen LogP contribution in [0.2, 0.25) is 0 Å². The lowest BCUT2D eigenvalue weighted by molar-refractivity contribution is -0.142. The molecule has 0 saturated carbocycles. The maximum Gasteiger partial charge on any atom is 0.303 e. The maximum absolute atomic E-state index is 12.9. The van der Waals surface area contributed by atoms with Crippen LogP contribution in [0.5, 0.6) is 0 Å². The number of nitrogens with zero attached hydrogens (tertiary/aromatic N) is 1. The SMILES string of the molecule is O=C(O)CCC(=O)N1NC2=C(CCC/C2=C\c2ccccc2)[C@@H]1c1ccccc1. The number of carboxylic acid groups (broad SMARTS) is 1. The summed E-state index contributed by atoms with van der Waals surface area (Å²) in [6, 6.07) is 19.9. The zero-order valence-corrected chi connectivity index (χ0v) is 16.2. The lowest BCUT2D eigenvalue weighted by Crippen LogP contribution is -2.40. The Kier molecular flexibility index (Phi) is 5.47. The minimum atomic E-state index is -0.962. The minimum absolute atomic E-state index is 0.0238. The summed E-state index contributed by atoms with van der Waals surface area (Å²) in [6.45, 7) is 0. The van der Waals surface area contributed by atoms with Gasteiger partial charge in [0.25, 0.3) is 0 Å². The van der Waals surface area contributed by atoms with Gasteiger partial charge in [0, 0.05) is 6.42 Å². The Labute approximate surface area is 170 Å². The zero-order valence-electron chi connectivity index (χ0n) is 16.2. The molecule has 0 fully saturated rings. The molecule has 4 rings (SSSR count). The Hall–Kier alpha value is -3.34. The number of hydrogen-bond acceptors (Lipinski definition) is 3. The van der Waals surface area contributed by atoms with Crippen molar-refractivity contribution >= 4 is 18.0 Å². The van der Waals surface area contributed by atoms with E-state index < -0.39 is 5.97 Å². The molecule has 0 bridgehead atoms. The molecule has 2 aromatic rings. The molecule has 5 nitrogen and oxygen atoms in total. The summed E-state index contributed by atoms with van der Waals surface area (Å²) in [4.78, 5) is 23.9. The van der Waals surface area contributed by atoms with Gasteiger partial charge in [0.2, 0.25) is 5.91 Å². The van der Waals surface area contributed by atoms with Gasteiger partial charge in [-0.3, -0.25) is 15.0 Å². The molecular formula is C24H24N2O3. The van der Waals surface area contributed by atoms with Gasteiger partial charge in [-0.15, -0.1) is 0 Å². The highest BCUT2D eigenvalue weighted by Gasteiger charge is 2.38. The van der Waals surface area contributed by atoms with Gasteiger partial charge in [-0.05, 0) is 47.6 Å². The van der Waals surface area contributed by atoms with E-state index in [4.69, 9.17) is 5.11 Å². The number of benzene rings is 2. The molecule has 1 aliphatic carbocycles. The quantitative estimate of drug-likeness (QED) is 0.793. The van der Waals surface area contributed by atoms with Crippen molar-refractivity contribution in [3.05, 3.63) is 88.6 Å². The van der Waals surface area contributed by atoms with Crippen LogP contribution in [0.25, 0.3) is 6.08 Å². The van der Waals surface area contributed by atoms with Gasteiger partial charge in [0.05, 0.1) is 12.1 Å². The van der Waals surface area contributed by atoms with Crippen molar-refractivity contribution in [3.8, 4) is 0 Å². The summed E-state index contributed by atoms with van der Waals surface area (Å²) in [5, 5.41) is 10.6. The fraction of sp³-hybridized carbons (Fsp3) is 0.250. The molecule has 0 saturated heterocycles. The van der Waals surface area contributed by atoms with Gasteiger partial charge in [-0.2, -0.15) is 0 Å². The number of rotatable bonds is 5. The van der Waals surface area contributed by atoms with E-state index in [-0.39, 0.29) is 24.8 Å². The number of hydrogen-bond donors (Lipinski definition) is 2. The lowest BCUT2D eigenvalue weighted by Gasteiger charge is -2.27. The Morgan fingerprint density at radius 1 is 1.00 bits per heavy atom. The second-order valence-electron chi connectivity index (χ2n) is 7.42. The molecule has 2 aliphatic rings. The Bertz CT molecular complexity index is 964. The maximum atomic E-state index is 12.9. The minimum Gasteiger partial charge on any atom is -0.481 e. The van der Waals surface area contributed by atoms with Gasteiger partial charge in [-0.25, -0.2) is 5.01 Å². The van der Waals surface area contributed by atoms with Crippen LogP contribution in [-0.4, -0.2) is 22.0 Å². The van der Waals surface area contributed by atoms with Crippen molar-refractivity contribution in [1.29, 1.82) is 0 Å². The van der Waals surface area contributed by atoms with Crippen LogP contribution >= 0.6 is 0 Å². The molecule has 2 aromatic carbocycles. The molecule has 5 heteroatoms. The number of nitrogens with one attached hydrogen (secondary N) is 1. The molecule has 1 amide bonds. The number of aliphatic carboxylic acids is 1. The lowest BCUT2D eigenvalue weighted by atomic mass is 9.86. The van der Waals surface area contributed by atoms with E-state index >= 15 is 0 Å². The molecule has 29 heavy (non-hydrogen) atoms. The Morgan fingerprint density at radius 2 is 1.69 bits per heavy atom. The Morgan fingerprint density at radius 3 is 2.38 bits per heavy atom. The number of carbonyl (C=O) groups is 2. The van der Waals surface area contributed by atoms with Gasteiger partial charge < -0.3 is 5.11 Å². The molecule has 0 spiro atoms. The fourth-order valence-corrected chi connectivity index (χ4v) is 4.10. The van der Waals surface area contributed by atoms with Crippen LogP contribution in [-0.2, 0) is 9.59 Å². The number of allylic oxidation sites excluding steroid dienone is 1. The first-order chi connectivity index (χ1) is 14.1. The van der Waals surface area contributed by atoms with Crippen molar-refractivity contribution in [1.82, 2.24) is 10.4 Å². The highest BCUT2D eigenvalue weighted by atomic mass is 16.4. The first-order valence-electron chi connectivity index (χ1n) is 9.98. The first-order valence-corrected chi connectivity index (χ1v) is 9.98. The second-order valence-corrected chi connectivity index (χ2v) is 7.42. The fourth-order valence-electron chi connectivity index (χ4n) is 4.10. The zero-order chi connectivity index (χ0) is 20.2. The van der Waals surface area contributed by atoms with Crippen molar-refractivity contribution in [2.24, 2.45) is 0 Å². The van der Waals surface area contributed by atoms with Crippen LogP contribution in [0, 0.1) is 0 Å². The number of hydrazine groups is 1. The van der Waals surface area contributed by atoms with E-state index in [9.17, 15) is 9.59 Å². The average Bonchev–Trinajstić information content (AvgIpc) is 3.14. The third-order valence-corrected chi connectivity index (χ3v) is 5.43. The van der Waals surface area contributed by atoms with E-state index in [1.54, 1.807) is 5.01 Å². The van der Waals surface area contributed by atoms with Crippen molar-refractivity contribution in [2.45, 2.75) is 38.1 Å². The summed E-state index contributed by atoms with van der Waals surface area (Å²) in [6.07, 6.45) is 4.87. The summed E-state index contributed by atoms with van der Waals surface area (Å²) in [5.41, 5.74) is 8.90.